The number of benzene rings is 11. The maximum Gasteiger partial charge on any atom is 0.0973 e. The van der Waals surface area contributed by atoms with Crippen molar-refractivity contribution in [2.24, 2.45) is 0 Å². The van der Waals surface area contributed by atoms with Gasteiger partial charge in [-0.15, -0.1) is 0 Å². The molecule has 11 aromatic carbocycles. The SMILES string of the molecule is c1ccc(-c2nc3ccccc3nc2-c2ccc(-n3c4ccccc4c4cc(-c5ccc6c(c5)c5cc(-c7ccc(-c8ccc9ccccc9c8)cc7)ccc5n6-c5ccccc5)ccc43)cc2)cc1. The number of hydrogen-bond donors (Lipinski definition) is 0. The molecule has 0 saturated heterocycles. The van der Waals surface area contributed by atoms with Crippen molar-refractivity contribution in [2.45, 2.75) is 0 Å². The second-order valence-electron chi connectivity index (χ2n) is 18.2. The molecule has 0 spiro atoms. The first-order valence-electron chi connectivity index (χ1n) is 23.9. The molecule has 3 aromatic heterocycles. The fraction of sp³-hybridized carbons (Fsp3) is 0. The molecule has 0 aliphatic rings. The minimum absolute atomic E-state index is 0.870. The molecular formula is C66H42N4. The molecule has 14 rings (SSSR count). The lowest BCUT2D eigenvalue weighted by molar-refractivity contribution is 1.18. The van der Waals surface area contributed by atoms with Crippen LogP contribution in [0.4, 0.5) is 0 Å². The zero-order valence-electron chi connectivity index (χ0n) is 38.0. The quantitative estimate of drug-likeness (QED) is 0.160. The molecule has 70 heavy (non-hydrogen) atoms. The van der Waals surface area contributed by atoms with E-state index in [1.807, 2.05) is 30.3 Å². The molecule has 0 fully saturated rings. The van der Waals surface area contributed by atoms with Crippen LogP contribution in [0, 0.1) is 0 Å². The van der Waals surface area contributed by atoms with Crippen LogP contribution >= 0.6 is 0 Å². The van der Waals surface area contributed by atoms with Crippen molar-refractivity contribution < 1.29 is 0 Å². The number of nitrogens with zero attached hydrogens (tertiary/aromatic N) is 4. The fourth-order valence-electron chi connectivity index (χ4n) is 10.7. The monoisotopic (exact) mass is 890 g/mol. The molecule has 3 heterocycles. The van der Waals surface area contributed by atoms with Gasteiger partial charge in [0.15, 0.2) is 0 Å². The Morgan fingerprint density at radius 3 is 1.21 bits per heavy atom. The van der Waals surface area contributed by atoms with Gasteiger partial charge in [0.2, 0.25) is 0 Å². The Labute approximate surface area is 404 Å². The van der Waals surface area contributed by atoms with E-state index in [1.54, 1.807) is 0 Å². The zero-order chi connectivity index (χ0) is 46.1. The third kappa shape index (κ3) is 6.61. The molecule has 0 bridgehead atoms. The second kappa shape index (κ2) is 16.2. The zero-order valence-corrected chi connectivity index (χ0v) is 38.0. The summed E-state index contributed by atoms with van der Waals surface area (Å²) in [5.41, 5.74) is 19.7. The van der Waals surface area contributed by atoms with Crippen molar-refractivity contribution in [3.8, 4) is 67.3 Å². The second-order valence-corrected chi connectivity index (χ2v) is 18.2. The van der Waals surface area contributed by atoms with Crippen LogP contribution in [-0.2, 0) is 0 Å². The van der Waals surface area contributed by atoms with Gasteiger partial charge >= 0.3 is 0 Å². The van der Waals surface area contributed by atoms with E-state index in [-0.39, 0.29) is 0 Å². The summed E-state index contributed by atoms with van der Waals surface area (Å²) in [6, 6.07) is 91.9. The molecule has 0 N–H and O–H groups in total. The highest BCUT2D eigenvalue weighted by Crippen LogP contribution is 2.41. The van der Waals surface area contributed by atoms with Crippen LogP contribution < -0.4 is 0 Å². The van der Waals surface area contributed by atoms with Crippen LogP contribution in [0.15, 0.2) is 255 Å². The smallest absolute Gasteiger partial charge is 0.0973 e. The molecule has 0 aliphatic carbocycles. The summed E-state index contributed by atoms with van der Waals surface area (Å²) in [6.45, 7) is 0. The first-order chi connectivity index (χ1) is 34.7. The molecule has 4 nitrogen and oxygen atoms in total. The summed E-state index contributed by atoms with van der Waals surface area (Å²) < 4.78 is 4.78. The van der Waals surface area contributed by atoms with Gasteiger partial charge in [0.25, 0.3) is 0 Å². The van der Waals surface area contributed by atoms with E-state index >= 15 is 0 Å². The number of aromatic nitrogens is 4. The van der Waals surface area contributed by atoms with Gasteiger partial charge in [0.1, 0.15) is 0 Å². The highest BCUT2D eigenvalue weighted by Gasteiger charge is 2.19. The number of rotatable bonds is 7. The Morgan fingerprint density at radius 2 is 0.614 bits per heavy atom. The normalized spacial score (nSPS) is 11.7. The van der Waals surface area contributed by atoms with Crippen molar-refractivity contribution in [1.29, 1.82) is 0 Å². The Balaban J connectivity index is 0.859. The van der Waals surface area contributed by atoms with E-state index in [0.717, 1.165) is 56.0 Å². The lowest BCUT2D eigenvalue weighted by Crippen LogP contribution is -1.97. The molecular weight excluding hydrogens is 849 g/mol. The van der Waals surface area contributed by atoms with E-state index < -0.39 is 0 Å². The van der Waals surface area contributed by atoms with Crippen LogP contribution in [0.5, 0.6) is 0 Å². The Morgan fingerprint density at radius 1 is 0.229 bits per heavy atom. The van der Waals surface area contributed by atoms with Gasteiger partial charge in [0.05, 0.1) is 44.5 Å². The highest BCUT2D eigenvalue weighted by molar-refractivity contribution is 6.13. The van der Waals surface area contributed by atoms with Crippen LogP contribution in [0.2, 0.25) is 0 Å². The predicted octanol–water partition coefficient (Wildman–Crippen LogP) is 17.3. The van der Waals surface area contributed by atoms with Gasteiger partial charge in [-0.2, -0.15) is 0 Å². The Bertz CT molecular complexity index is 4320. The van der Waals surface area contributed by atoms with Gasteiger partial charge in [-0.05, 0) is 129 Å². The number of para-hydroxylation sites is 4. The molecule has 0 amide bonds. The summed E-state index contributed by atoms with van der Waals surface area (Å²) in [6.07, 6.45) is 0. The van der Waals surface area contributed by atoms with Crippen LogP contribution in [0.1, 0.15) is 0 Å². The lowest BCUT2D eigenvalue weighted by Gasteiger charge is -2.12. The predicted molar refractivity (Wildman–Crippen MR) is 293 cm³/mol. The topological polar surface area (TPSA) is 35.6 Å². The van der Waals surface area contributed by atoms with E-state index in [2.05, 4.69) is 234 Å². The summed E-state index contributed by atoms with van der Waals surface area (Å²) in [4.78, 5) is 10.3. The molecule has 0 unspecified atom stereocenters. The fourth-order valence-corrected chi connectivity index (χ4v) is 10.7. The lowest BCUT2D eigenvalue weighted by atomic mass is 9.97. The van der Waals surface area contributed by atoms with E-state index in [4.69, 9.17) is 9.97 Å². The first-order valence-corrected chi connectivity index (χ1v) is 23.9. The molecule has 0 radical (unpaired) electrons. The molecule has 326 valence electrons. The molecule has 4 heteroatoms. The van der Waals surface area contributed by atoms with Crippen LogP contribution in [-0.4, -0.2) is 19.1 Å². The first kappa shape index (κ1) is 39.8. The van der Waals surface area contributed by atoms with Gasteiger partial charge in [-0.25, -0.2) is 9.97 Å². The van der Waals surface area contributed by atoms with Gasteiger partial charge in [0, 0.05) is 44.0 Å². The van der Waals surface area contributed by atoms with E-state index in [0.29, 0.717) is 0 Å². The van der Waals surface area contributed by atoms with Crippen LogP contribution in [0.3, 0.4) is 0 Å². The average molecular weight is 891 g/mol. The minimum Gasteiger partial charge on any atom is -0.309 e. The maximum atomic E-state index is 5.17. The largest absolute Gasteiger partial charge is 0.309 e. The summed E-state index contributed by atoms with van der Waals surface area (Å²) in [5, 5.41) is 7.39. The standard InChI is InChI=1S/C66H42N4/c1-3-14-46(15-4-1)65-66(68-60-21-11-10-20-59(60)67-65)47-29-34-54(35-30-47)70-61-22-12-9-19-55(61)56-41-51(32-37-62(56)70)52-33-38-64-58(42-52)57-40-50(31-36-63(57)69(64)53-17-5-2-6-18-53)45-25-23-44(24-26-45)49-28-27-43-13-7-8-16-48(43)39-49/h1-42H. The van der Waals surface area contributed by atoms with Crippen molar-refractivity contribution in [1.82, 2.24) is 19.1 Å². The van der Waals surface area contributed by atoms with Crippen molar-refractivity contribution in [3.05, 3.63) is 255 Å². The van der Waals surface area contributed by atoms with Gasteiger partial charge in [-0.3, -0.25) is 0 Å². The highest BCUT2D eigenvalue weighted by atomic mass is 15.0. The maximum absolute atomic E-state index is 5.17. The summed E-state index contributed by atoms with van der Waals surface area (Å²) >= 11 is 0. The summed E-state index contributed by atoms with van der Waals surface area (Å²) in [7, 11) is 0. The van der Waals surface area contributed by atoms with Crippen LogP contribution in [0.25, 0.3) is 133 Å². The minimum atomic E-state index is 0.870. The average Bonchev–Trinajstić information content (AvgIpc) is 3.95. The number of hydrogen-bond acceptors (Lipinski definition) is 2. The van der Waals surface area contributed by atoms with Crippen molar-refractivity contribution in [2.75, 3.05) is 0 Å². The van der Waals surface area contributed by atoms with Crippen molar-refractivity contribution >= 4 is 65.4 Å². The molecule has 0 atom stereocenters. The molecule has 0 saturated carbocycles. The van der Waals surface area contributed by atoms with E-state index in [1.165, 1.54) is 76.7 Å². The Hall–Kier alpha value is -9.38. The molecule has 14 aromatic rings. The van der Waals surface area contributed by atoms with Crippen molar-refractivity contribution in [3.63, 3.8) is 0 Å². The van der Waals surface area contributed by atoms with Gasteiger partial charge in [-0.1, -0.05) is 170 Å². The number of fused-ring (bicyclic) bond motifs is 8. The van der Waals surface area contributed by atoms with Gasteiger partial charge < -0.3 is 9.13 Å². The molecule has 0 aliphatic heterocycles. The third-order valence-electron chi connectivity index (χ3n) is 14.1. The summed E-state index contributed by atoms with van der Waals surface area (Å²) in [5.74, 6) is 0. The Kier molecular flexibility index (Phi) is 9.17. The third-order valence-corrected chi connectivity index (χ3v) is 14.1. The van der Waals surface area contributed by atoms with E-state index in [9.17, 15) is 0 Å².